The van der Waals surface area contributed by atoms with Gasteiger partial charge in [0.05, 0.1) is 13.7 Å². The highest BCUT2D eigenvalue weighted by Gasteiger charge is 2.11. The van der Waals surface area contributed by atoms with Gasteiger partial charge in [0.2, 0.25) is 0 Å². The number of nitriles is 1. The zero-order chi connectivity index (χ0) is 19.8. The van der Waals surface area contributed by atoms with Crippen molar-refractivity contribution in [3.63, 3.8) is 0 Å². The van der Waals surface area contributed by atoms with Crippen LogP contribution in [0.1, 0.15) is 19.4 Å². The van der Waals surface area contributed by atoms with Crippen molar-refractivity contribution in [3.8, 4) is 17.6 Å². The van der Waals surface area contributed by atoms with Gasteiger partial charge >= 0.3 is 0 Å². The Hall–Kier alpha value is -2.97. The first kappa shape index (κ1) is 20.3. The van der Waals surface area contributed by atoms with Crippen LogP contribution in [0.4, 0.5) is 5.69 Å². The average Bonchev–Trinajstić information content (AvgIpc) is 2.66. The molecule has 0 heterocycles. The maximum absolute atomic E-state index is 12.4. The summed E-state index contributed by atoms with van der Waals surface area (Å²) in [5, 5.41) is 12.6. The quantitative estimate of drug-likeness (QED) is 0.542. The topological polar surface area (TPSA) is 71.3 Å². The third kappa shape index (κ3) is 6.05. The van der Waals surface area contributed by atoms with Crippen LogP contribution < -0.4 is 14.8 Å². The van der Waals surface area contributed by atoms with Crippen LogP contribution in [0.15, 0.2) is 48.0 Å². The molecule has 140 valence electrons. The van der Waals surface area contributed by atoms with Crippen LogP contribution in [0.2, 0.25) is 5.02 Å². The Balaban J connectivity index is 2.22. The van der Waals surface area contributed by atoms with E-state index in [2.05, 4.69) is 5.32 Å². The molecule has 0 spiro atoms. The molecule has 0 saturated carbocycles. The second kappa shape index (κ2) is 9.65. The summed E-state index contributed by atoms with van der Waals surface area (Å²) in [6.45, 7) is 4.63. The van der Waals surface area contributed by atoms with E-state index in [9.17, 15) is 10.1 Å². The monoisotopic (exact) mass is 384 g/mol. The summed E-state index contributed by atoms with van der Waals surface area (Å²) >= 11 is 5.83. The maximum atomic E-state index is 12.4. The highest BCUT2D eigenvalue weighted by Crippen LogP contribution is 2.29. The fraction of sp³-hybridized carbons (Fsp3) is 0.238. The number of anilines is 1. The average molecular weight is 385 g/mol. The van der Waals surface area contributed by atoms with E-state index in [4.69, 9.17) is 21.1 Å². The minimum Gasteiger partial charge on any atom is -0.493 e. The number of hydrogen-bond acceptors (Lipinski definition) is 4. The highest BCUT2D eigenvalue weighted by molar-refractivity contribution is 6.30. The molecule has 0 atom stereocenters. The van der Waals surface area contributed by atoms with Gasteiger partial charge in [-0.1, -0.05) is 31.5 Å². The lowest BCUT2D eigenvalue weighted by Gasteiger charge is -2.13. The number of carbonyl (C=O) groups is 1. The first-order chi connectivity index (χ1) is 12.9. The summed E-state index contributed by atoms with van der Waals surface area (Å²) in [5.41, 5.74) is 1.20. The lowest BCUT2D eigenvalue weighted by Crippen LogP contribution is -2.13. The molecule has 0 bridgehead atoms. The molecule has 5 nitrogen and oxygen atoms in total. The molecule has 2 rings (SSSR count). The van der Waals surface area contributed by atoms with Crippen molar-refractivity contribution in [1.82, 2.24) is 0 Å². The number of rotatable bonds is 7. The summed E-state index contributed by atoms with van der Waals surface area (Å²) in [5.74, 6) is 1.02. The van der Waals surface area contributed by atoms with Crippen LogP contribution in [0.25, 0.3) is 6.08 Å². The van der Waals surface area contributed by atoms with Crippen molar-refractivity contribution >= 4 is 29.3 Å². The van der Waals surface area contributed by atoms with Crippen molar-refractivity contribution in [1.29, 1.82) is 5.26 Å². The molecule has 1 amide bonds. The van der Waals surface area contributed by atoms with Crippen molar-refractivity contribution in [2.24, 2.45) is 5.92 Å². The minimum atomic E-state index is -0.500. The predicted octanol–water partition coefficient (Wildman–Crippen LogP) is 4.93. The van der Waals surface area contributed by atoms with Gasteiger partial charge in [-0.25, -0.2) is 0 Å². The summed E-state index contributed by atoms with van der Waals surface area (Å²) in [7, 11) is 1.56. The van der Waals surface area contributed by atoms with E-state index in [0.717, 1.165) is 0 Å². The Bertz CT molecular complexity index is 868. The Morgan fingerprint density at radius 3 is 2.52 bits per heavy atom. The van der Waals surface area contributed by atoms with Gasteiger partial charge in [0.15, 0.2) is 11.5 Å². The van der Waals surface area contributed by atoms with E-state index in [1.807, 2.05) is 19.9 Å². The molecule has 0 aliphatic rings. The first-order valence-corrected chi connectivity index (χ1v) is 8.80. The van der Waals surface area contributed by atoms with Crippen molar-refractivity contribution in [2.45, 2.75) is 13.8 Å². The number of halogens is 1. The van der Waals surface area contributed by atoms with E-state index in [1.165, 1.54) is 6.08 Å². The molecule has 0 aromatic heterocycles. The van der Waals surface area contributed by atoms with Crippen LogP contribution >= 0.6 is 11.6 Å². The van der Waals surface area contributed by atoms with Crippen molar-refractivity contribution in [3.05, 3.63) is 58.6 Å². The van der Waals surface area contributed by atoms with Crippen LogP contribution in [0.3, 0.4) is 0 Å². The van der Waals surface area contributed by atoms with Crippen LogP contribution in [0.5, 0.6) is 11.5 Å². The molecule has 0 radical (unpaired) electrons. The molecule has 0 fully saturated rings. The molecular formula is C21H21ClN2O3. The number of ether oxygens (including phenoxy) is 2. The molecule has 0 saturated heterocycles. The zero-order valence-electron chi connectivity index (χ0n) is 15.5. The van der Waals surface area contributed by atoms with E-state index in [-0.39, 0.29) is 5.57 Å². The summed E-state index contributed by atoms with van der Waals surface area (Å²) < 4.78 is 11.1. The largest absolute Gasteiger partial charge is 0.493 e. The normalized spacial score (nSPS) is 11.0. The second-order valence-electron chi connectivity index (χ2n) is 6.25. The number of hydrogen-bond donors (Lipinski definition) is 1. The van der Waals surface area contributed by atoms with E-state index in [1.54, 1.807) is 49.6 Å². The van der Waals surface area contributed by atoms with Crippen LogP contribution in [0, 0.1) is 17.2 Å². The van der Waals surface area contributed by atoms with Gasteiger partial charge in [-0.3, -0.25) is 4.79 Å². The molecule has 0 unspecified atom stereocenters. The molecular weight excluding hydrogens is 364 g/mol. The van der Waals surface area contributed by atoms with Crippen molar-refractivity contribution < 1.29 is 14.3 Å². The number of amides is 1. The van der Waals surface area contributed by atoms with Crippen molar-refractivity contribution in [2.75, 3.05) is 19.0 Å². The summed E-state index contributed by atoms with van der Waals surface area (Å²) in [4.78, 5) is 12.4. The molecule has 27 heavy (non-hydrogen) atoms. The summed E-state index contributed by atoms with van der Waals surface area (Å²) in [6.07, 6.45) is 1.51. The number of nitrogens with one attached hydrogen (secondary N) is 1. The van der Waals surface area contributed by atoms with Crippen LogP contribution in [-0.4, -0.2) is 19.6 Å². The molecule has 2 aromatic carbocycles. The van der Waals surface area contributed by atoms with Gasteiger partial charge in [-0.15, -0.1) is 0 Å². The second-order valence-corrected chi connectivity index (χ2v) is 6.68. The Labute approximate surface area is 164 Å². The minimum absolute atomic E-state index is 0.0232. The van der Waals surface area contributed by atoms with Gasteiger partial charge < -0.3 is 14.8 Å². The lowest BCUT2D eigenvalue weighted by atomic mass is 10.1. The highest BCUT2D eigenvalue weighted by atomic mass is 35.5. The number of methoxy groups -OCH3 is 1. The van der Waals surface area contributed by atoms with Gasteiger partial charge in [0, 0.05) is 10.7 Å². The van der Waals surface area contributed by atoms with E-state index in [0.29, 0.717) is 40.3 Å². The molecule has 1 N–H and O–H groups in total. The van der Waals surface area contributed by atoms with E-state index < -0.39 is 5.91 Å². The number of nitrogens with zero attached hydrogens (tertiary/aromatic N) is 1. The third-order valence-electron chi connectivity index (χ3n) is 3.54. The summed E-state index contributed by atoms with van der Waals surface area (Å²) in [6, 6.07) is 13.8. The zero-order valence-corrected chi connectivity index (χ0v) is 16.2. The molecule has 6 heteroatoms. The Kier molecular flexibility index (Phi) is 7.27. The van der Waals surface area contributed by atoms with E-state index >= 15 is 0 Å². The molecule has 0 aliphatic carbocycles. The van der Waals surface area contributed by atoms with Gasteiger partial charge in [0.25, 0.3) is 5.91 Å². The Morgan fingerprint density at radius 1 is 1.22 bits per heavy atom. The number of benzene rings is 2. The fourth-order valence-corrected chi connectivity index (χ4v) is 2.33. The van der Waals surface area contributed by atoms with Gasteiger partial charge in [0.1, 0.15) is 11.6 Å². The van der Waals surface area contributed by atoms with Gasteiger partial charge in [-0.05, 0) is 54.0 Å². The fourth-order valence-electron chi connectivity index (χ4n) is 2.20. The standard InChI is InChI=1S/C21H21ClN2O3/c1-14(2)13-27-20-11-15(4-9-19(20)26-3)10-16(12-23)21(25)24-18-7-5-17(22)6-8-18/h4-11,14H,13H2,1-3H3,(H,24,25)/b16-10+. The lowest BCUT2D eigenvalue weighted by molar-refractivity contribution is -0.112. The predicted molar refractivity (Wildman–Crippen MR) is 107 cm³/mol. The first-order valence-electron chi connectivity index (χ1n) is 8.42. The molecule has 2 aromatic rings. The van der Waals surface area contributed by atoms with Gasteiger partial charge in [-0.2, -0.15) is 5.26 Å². The SMILES string of the molecule is COc1ccc(/C=C(\C#N)C(=O)Nc2ccc(Cl)cc2)cc1OCC(C)C. The maximum Gasteiger partial charge on any atom is 0.266 e. The molecule has 0 aliphatic heterocycles. The third-order valence-corrected chi connectivity index (χ3v) is 3.79. The smallest absolute Gasteiger partial charge is 0.266 e. The van der Waals surface area contributed by atoms with Crippen LogP contribution in [-0.2, 0) is 4.79 Å². The Morgan fingerprint density at radius 2 is 1.93 bits per heavy atom. The number of carbonyl (C=O) groups excluding carboxylic acids is 1.